The van der Waals surface area contributed by atoms with E-state index in [-0.39, 0.29) is 0 Å². The monoisotopic (exact) mass is 350 g/mol. The van der Waals surface area contributed by atoms with Crippen molar-refractivity contribution < 1.29 is 14.6 Å². The minimum Gasteiger partial charge on any atom is -0.493 e. The molecule has 2 aromatic rings. The van der Waals surface area contributed by atoms with Crippen molar-refractivity contribution >= 4 is 15.9 Å². The molecule has 1 atom stereocenters. The number of ether oxygens (including phenoxy) is 2. The van der Waals surface area contributed by atoms with Crippen molar-refractivity contribution in [3.05, 3.63) is 57.6 Å². The van der Waals surface area contributed by atoms with Crippen LogP contribution in [0.1, 0.15) is 22.8 Å². The molecule has 0 saturated heterocycles. The van der Waals surface area contributed by atoms with Gasteiger partial charge in [-0.2, -0.15) is 0 Å². The Bertz CT molecular complexity index is 605. The average Bonchev–Trinajstić information content (AvgIpc) is 2.46. The second kappa shape index (κ2) is 6.96. The maximum atomic E-state index is 10.4. The first-order valence-electron chi connectivity index (χ1n) is 6.69. The van der Waals surface area contributed by atoms with Gasteiger partial charge in [-0.3, -0.25) is 0 Å². The third-order valence-corrected chi connectivity index (χ3v) is 3.78. The standard InChI is InChI=1S/C17H19BrO3/c1-11-6-13(10-14(18)7-11)15(19)8-12-4-5-16(20-2)17(9-12)21-3/h4-7,9-10,15,19H,8H2,1-3H3. The van der Waals surface area contributed by atoms with E-state index in [2.05, 4.69) is 15.9 Å². The van der Waals surface area contributed by atoms with Crippen LogP contribution in [0.15, 0.2) is 40.9 Å². The Balaban J connectivity index is 2.20. The zero-order chi connectivity index (χ0) is 15.4. The molecule has 0 heterocycles. The summed E-state index contributed by atoms with van der Waals surface area (Å²) in [5, 5.41) is 10.4. The predicted octanol–water partition coefficient (Wildman–Crippen LogP) is 4.05. The van der Waals surface area contributed by atoms with Gasteiger partial charge >= 0.3 is 0 Å². The van der Waals surface area contributed by atoms with Crippen molar-refractivity contribution in [3.8, 4) is 11.5 Å². The normalized spacial score (nSPS) is 12.0. The van der Waals surface area contributed by atoms with E-state index in [4.69, 9.17) is 9.47 Å². The molecular formula is C17H19BrO3. The number of rotatable bonds is 5. The lowest BCUT2D eigenvalue weighted by Gasteiger charge is -2.14. The average molecular weight is 351 g/mol. The number of halogens is 1. The quantitative estimate of drug-likeness (QED) is 0.883. The summed E-state index contributed by atoms with van der Waals surface area (Å²) in [4.78, 5) is 0. The fraction of sp³-hybridized carbons (Fsp3) is 0.294. The van der Waals surface area contributed by atoms with Gasteiger partial charge in [0.25, 0.3) is 0 Å². The molecule has 0 aromatic heterocycles. The summed E-state index contributed by atoms with van der Waals surface area (Å²) < 4.78 is 11.5. The number of hydrogen-bond donors (Lipinski definition) is 1. The molecule has 112 valence electrons. The molecule has 0 spiro atoms. The lowest BCUT2D eigenvalue weighted by Crippen LogP contribution is -2.03. The van der Waals surface area contributed by atoms with E-state index in [1.165, 1.54) is 0 Å². The van der Waals surface area contributed by atoms with Crippen LogP contribution in [-0.4, -0.2) is 19.3 Å². The van der Waals surface area contributed by atoms with Gasteiger partial charge in [0.15, 0.2) is 11.5 Å². The van der Waals surface area contributed by atoms with Gasteiger partial charge in [-0.25, -0.2) is 0 Å². The number of aryl methyl sites for hydroxylation is 1. The predicted molar refractivity (Wildman–Crippen MR) is 87.1 cm³/mol. The Kier molecular flexibility index (Phi) is 5.26. The topological polar surface area (TPSA) is 38.7 Å². The molecular weight excluding hydrogens is 332 g/mol. The fourth-order valence-corrected chi connectivity index (χ4v) is 2.93. The molecule has 3 nitrogen and oxygen atoms in total. The third-order valence-electron chi connectivity index (χ3n) is 3.33. The van der Waals surface area contributed by atoms with Crippen LogP contribution < -0.4 is 9.47 Å². The molecule has 0 amide bonds. The molecule has 2 rings (SSSR count). The number of hydrogen-bond acceptors (Lipinski definition) is 3. The minimum absolute atomic E-state index is 0.524. The molecule has 1 unspecified atom stereocenters. The molecule has 0 aliphatic rings. The first kappa shape index (κ1) is 15.9. The van der Waals surface area contributed by atoms with Gasteiger partial charge in [0, 0.05) is 10.9 Å². The van der Waals surface area contributed by atoms with Gasteiger partial charge in [0.2, 0.25) is 0 Å². The molecule has 0 aliphatic carbocycles. The number of benzene rings is 2. The Morgan fingerprint density at radius 1 is 1.05 bits per heavy atom. The van der Waals surface area contributed by atoms with E-state index < -0.39 is 6.10 Å². The zero-order valence-corrected chi connectivity index (χ0v) is 14.0. The van der Waals surface area contributed by atoms with E-state index in [0.717, 1.165) is 21.2 Å². The summed E-state index contributed by atoms with van der Waals surface area (Å²) in [6.07, 6.45) is -0.0321. The second-order valence-electron chi connectivity index (χ2n) is 4.97. The van der Waals surface area contributed by atoms with E-state index in [1.54, 1.807) is 14.2 Å². The fourth-order valence-electron chi connectivity index (χ4n) is 2.31. The molecule has 0 bridgehead atoms. The Morgan fingerprint density at radius 3 is 2.38 bits per heavy atom. The molecule has 0 radical (unpaired) electrons. The summed E-state index contributed by atoms with van der Waals surface area (Å²) in [7, 11) is 3.21. The van der Waals surface area contributed by atoms with E-state index >= 15 is 0 Å². The molecule has 1 N–H and O–H groups in total. The van der Waals surface area contributed by atoms with Crippen molar-refractivity contribution in [2.75, 3.05) is 14.2 Å². The van der Waals surface area contributed by atoms with Gasteiger partial charge in [0.1, 0.15) is 0 Å². The van der Waals surface area contributed by atoms with Crippen molar-refractivity contribution in [2.45, 2.75) is 19.4 Å². The number of methoxy groups -OCH3 is 2. The first-order valence-corrected chi connectivity index (χ1v) is 7.49. The lowest BCUT2D eigenvalue weighted by molar-refractivity contribution is 0.178. The van der Waals surface area contributed by atoms with Crippen LogP contribution in [0.3, 0.4) is 0 Å². The van der Waals surface area contributed by atoms with Gasteiger partial charge in [-0.1, -0.05) is 28.1 Å². The molecule has 0 fully saturated rings. The highest BCUT2D eigenvalue weighted by molar-refractivity contribution is 9.10. The van der Waals surface area contributed by atoms with E-state index in [0.29, 0.717) is 17.9 Å². The zero-order valence-electron chi connectivity index (χ0n) is 12.4. The smallest absolute Gasteiger partial charge is 0.160 e. The molecule has 21 heavy (non-hydrogen) atoms. The van der Waals surface area contributed by atoms with Crippen LogP contribution in [-0.2, 0) is 6.42 Å². The van der Waals surface area contributed by atoms with Gasteiger partial charge < -0.3 is 14.6 Å². The van der Waals surface area contributed by atoms with Crippen LogP contribution >= 0.6 is 15.9 Å². The maximum absolute atomic E-state index is 10.4. The molecule has 2 aromatic carbocycles. The highest BCUT2D eigenvalue weighted by Crippen LogP contribution is 2.30. The van der Waals surface area contributed by atoms with Crippen molar-refractivity contribution in [1.29, 1.82) is 0 Å². The third kappa shape index (κ3) is 3.99. The lowest BCUT2D eigenvalue weighted by atomic mass is 10.00. The van der Waals surface area contributed by atoms with Crippen LogP contribution in [0.2, 0.25) is 0 Å². The number of aliphatic hydroxyl groups is 1. The summed E-state index contributed by atoms with van der Waals surface area (Å²) in [5.74, 6) is 1.36. The van der Waals surface area contributed by atoms with E-state index in [1.807, 2.05) is 43.3 Å². The summed E-state index contributed by atoms with van der Waals surface area (Å²) >= 11 is 3.46. The minimum atomic E-state index is -0.556. The largest absolute Gasteiger partial charge is 0.493 e. The summed E-state index contributed by atoms with van der Waals surface area (Å²) in [6.45, 7) is 2.01. The van der Waals surface area contributed by atoms with Crippen LogP contribution in [0.25, 0.3) is 0 Å². The Morgan fingerprint density at radius 2 is 1.76 bits per heavy atom. The van der Waals surface area contributed by atoms with Crippen LogP contribution in [0, 0.1) is 6.92 Å². The van der Waals surface area contributed by atoms with Gasteiger partial charge in [-0.15, -0.1) is 0 Å². The van der Waals surface area contributed by atoms with Crippen molar-refractivity contribution in [2.24, 2.45) is 0 Å². The molecule has 0 saturated carbocycles. The van der Waals surface area contributed by atoms with Gasteiger partial charge in [0.05, 0.1) is 20.3 Å². The second-order valence-corrected chi connectivity index (χ2v) is 5.89. The van der Waals surface area contributed by atoms with Gasteiger partial charge in [-0.05, 0) is 47.9 Å². The Labute approximate surface area is 133 Å². The van der Waals surface area contributed by atoms with E-state index in [9.17, 15) is 5.11 Å². The highest BCUT2D eigenvalue weighted by atomic mass is 79.9. The van der Waals surface area contributed by atoms with Crippen LogP contribution in [0.4, 0.5) is 0 Å². The van der Waals surface area contributed by atoms with Crippen molar-refractivity contribution in [1.82, 2.24) is 0 Å². The summed E-state index contributed by atoms with van der Waals surface area (Å²) in [5.41, 5.74) is 3.01. The SMILES string of the molecule is COc1ccc(CC(O)c2cc(C)cc(Br)c2)cc1OC. The Hall–Kier alpha value is -1.52. The first-order chi connectivity index (χ1) is 10.0. The summed E-state index contributed by atoms with van der Waals surface area (Å²) in [6, 6.07) is 11.6. The van der Waals surface area contributed by atoms with Crippen LogP contribution in [0.5, 0.6) is 11.5 Å². The molecule has 0 aliphatic heterocycles. The van der Waals surface area contributed by atoms with Crippen molar-refractivity contribution in [3.63, 3.8) is 0 Å². The molecule has 4 heteroatoms. The number of aliphatic hydroxyl groups excluding tert-OH is 1. The highest BCUT2D eigenvalue weighted by Gasteiger charge is 2.12. The maximum Gasteiger partial charge on any atom is 0.160 e.